The Hall–Kier alpha value is -2.77. The average molecular weight is 390 g/mol. The van der Waals surface area contributed by atoms with Crippen LogP contribution in [0.3, 0.4) is 0 Å². The molecule has 1 aliphatic rings. The Labute approximate surface area is 165 Å². The van der Waals surface area contributed by atoms with Crippen LogP contribution in [0, 0.1) is 5.92 Å². The minimum absolute atomic E-state index is 0.0868. The maximum Gasteiger partial charge on any atom is 0.407 e. The molecule has 8 heteroatoms. The first kappa shape index (κ1) is 21.5. The van der Waals surface area contributed by atoms with Crippen LogP contribution in [0.1, 0.15) is 49.5 Å². The number of hydrogen-bond donors (Lipinski definition) is 3. The van der Waals surface area contributed by atoms with Gasteiger partial charge in [0.25, 0.3) is 5.91 Å². The first-order chi connectivity index (χ1) is 13.1. The van der Waals surface area contributed by atoms with Crippen LogP contribution in [0.2, 0.25) is 0 Å². The molecule has 1 atom stereocenters. The molecule has 0 spiro atoms. The Balaban J connectivity index is 1.96. The molecule has 2 rings (SSSR count). The fourth-order valence-corrected chi connectivity index (χ4v) is 2.91. The lowest BCUT2D eigenvalue weighted by molar-refractivity contribution is 0.0491. The van der Waals surface area contributed by atoms with Crippen molar-refractivity contribution >= 4 is 18.0 Å². The largest absolute Gasteiger partial charge is 0.444 e. The van der Waals surface area contributed by atoms with Crippen LogP contribution in [-0.4, -0.2) is 48.2 Å². The molecule has 1 aliphatic carbocycles. The van der Waals surface area contributed by atoms with Crippen LogP contribution in [-0.2, 0) is 11.3 Å². The van der Waals surface area contributed by atoms with Crippen molar-refractivity contribution in [1.82, 2.24) is 15.5 Å². The van der Waals surface area contributed by atoms with Gasteiger partial charge in [0, 0.05) is 25.7 Å². The van der Waals surface area contributed by atoms with Gasteiger partial charge in [0.05, 0.1) is 6.04 Å². The molecule has 154 valence electrons. The molecule has 8 nitrogen and oxygen atoms in total. The number of primary amides is 1. The fraction of sp³-hybridized carbons (Fsp3) is 0.550. The van der Waals surface area contributed by atoms with Crippen LogP contribution in [0.4, 0.5) is 9.59 Å². The number of likely N-dealkylation sites (N-methyl/N-ethyl adjacent to an activating group) is 1. The quantitative estimate of drug-likeness (QED) is 0.662. The molecule has 0 bridgehead atoms. The Bertz CT molecular complexity index is 708. The zero-order valence-corrected chi connectivity index (χ0v) is 17.0. The summed E-state index contributed by atoms with van der Waals surface area (Å²) >= 11 is 0. The van der Waals surface area contributed by atoms with E-state index < -0.39 is 17.7 Å². The van der Waals surface area contributed by atoms with Crippen molar-refractivity contribution in [1.29, 1.82) is 0 Å². The van der Waals surface area contributed by atoms with E-state index in [4.69, 9.17) is 10.5 Å². The SMILES string of the molecule is CN(C(=O)c1ccc(CNC(N)=O)cc1)[C@@H](CNC(=O)OC(C)(C)C)C1CC1. The molecule has 0 saturated heterocycles. The van der Waals surface area contributed by atoms with Crippen LogP contribution >= 0.6 is 0 Å². The number of ether oxygens (including phenoxy) is 1. The molecule has 0 aromatic heterocycles. The van der Waals surface area contributed by atoms with Gasteiger partial charge in [-0.1, -0.05) is 12.1 Å². The zero-order chi connectivity index (χ0) is 20.9. The number of nitrogens with two attached hydrogens (primary N) is 1. The number of amides is 4. The van der Waals surface area contributed by atoms with Gasteiger partial charge in [0.1, 0.15) is 5.60 Å². The minimum atomic E-state index is -0.593. The van der Waals surface area contributed by atoms with Gasteiger partial charge in [-0.25, -0.2) is 9.59 Å². The number of benzene rings is 1. The van der Waals surface area contributed by atoms with Gasteiger partial charge in [-0.05, 0) is 57.2 Å². The zero-order valence-electron chi connectivity index (χ0n) is 17.0. The molecule has 1 aromatic carbocycles. The van der Waals surface area contributed by atoms with Crippen LogP contribution < -0.4 is 16.4 Å². The second-order valence-electron chi connectivity index (χ2n) is 8.12. The van der Waals surface area contributed by atoms with E-state index in [0.717, 1.165) is 18.4 Å². The Morgan fingerprint density at radius 2 is 1.79 bits per heavy atom. The topological polar surface area (TPSA) is 114 Å². The van der Waals surface area contributed by atoms with Gasteiger partial charge in [-0.2, -0.15) is 0 Å². The van der Waals surface area contributed by atoms with Crippen molar-refractivity contribution < 1.29 is 19.1 Å². The predicted molar refractivity (Wildman–Crippen MR) is 106 cm³/mol. The number of carbonyl (C=O) groups excluding carboxylic acids is 3. The molecule has 28 heavy (non-hydrogen) atoms. The highest BCUT2D eigenvalue weighted by Gasteiger charge is 2.36. The van der Waals surface area contributed by atoms with Gasteiger partial charge in [-0.3, -0.25) is 4.79 Å². The Kier molecular flexibility index (Phi) is 6.88. The molecule has 4 N–H and O–H groups in total. The third kappa shape index (κ3) is 6.75. The van der Waals surface area contributed by atoms with E-state index in [1.807, 2.05) is 20.8 Å². The predicted octanol–water partition coefficient (Wildman–Crippen LogP) is 2.23. The third-order valence-corrected chi connectivity index (χ3v) is 4.51. The Morgan fingerprint density at radius 3 is 2.29 bits per heavy atom. The van der Waals surface area contributed by atoms with Crippen molar-refractivity contribution in [3.05, 3.63) is 35.4 Å². The van der Waals surface area contributed by atoms with E-state index in [9.17, 15) is 14.4 Å². The smallest absolute Gasteiger partial charge is 0.407 e. The lowest BCUT2D eigenvalue weighted by Crippen LogP contribution is -2.47. The molecule has 0 radical (unpaired) electrons. The van der Waals surface area contributed by atoms with E-state index >= 15 is 0 Å². The summed E-state index contributed by atoms with van der Waals surface area (Å²) in [5.74, 6) is 0.264. The van der Waals surface area contributed by atoms with E-state index in [1.54, 1.807) is 36.2 Å². The van der Waals surface area contributed by atoms with Gasteiger partial charge in [-0.15, -0.1) is 0 Å². The van der Waals surface area contributed by atoms with Crippen LogP contribution in [0.15, 0.2) is 24.3 Å². The number of rotatable bonds is 7. The Morgan fingerprint density at radius 1 is 1.18 bits per heavy atom. The second kappa shape index (κ2) is 8.95. The van der Waals surface area contributed by atoms with Crippen molar-refractivity contribution in [3.8, 4) is 0 Å². The van der Waals surface area contributed by atoms with E-state index in [2.05, 4.69) is 10.6 Å². The highest BCUT2D eigenvalue weighted by Crippen LogP contribution is 2.35. The van der Waals surface area contributed by atoms with Crippen LogP contribution in [0.25, 0.3) is 0 Å². The maximum absolute atomic E-state index is 12.9. The highest BCUT2D eigenvalue weighted by atomic mass is 16.6. The molecule has 1 fully saturated rings. The second-order valence-corrected chi connectivity index (χ2v) is 8.12. The molecule has 1 saturated carbocycles. The maximum atomic E-state index is 12.9. The molecule has 0 unspecified atom stereocenters. The molecule has 4 amide bonds. The molecule has 1 aromatic rings. The molecule has 0 aliphatic heterocycles. The minimum Gasteiger partial charge on any atom is -0.444 e. The normalized spacial score (nSPS) is 14.7. The summed E-state index contributed by atoms with van der Waals surface area (Å²) < 4.78 is 5.27. The van der Waals surface area contributed by atoms with Crippen molar-refractivity contribution in [3.63, 3.8) is 0 Å². The first-order valence-electron chi connectivity index (χ1n) is 9.43. The number of alkyl carbamates (subject to hydrolysis) is 1. The lowest BCUT2D eigenvalue weighted by Gasteiger charge is -2.29. The average Bonchev–Trinajstić information content (AvgIpc) is 3.43. The number of nitrogens with one attached hydrogen (secondary N) is 2. The summed E-state index contributed by atoms with van der Waals surface area (Å²) in [4.78, 5) is 37.3. The fourth-order valence-electron chi connectivity index (χ4n) is 2.91. The number of nitrogens with zero attached hydrogens (tertiary/aromatic N) is 1. The monoisotopic (exact) mass is 390 g/mol. The van der Waals surface area contributed by atoms with Crippen molar-refractivity contribution in [2.45, 2.75) is 51.8 Å². The molecule has 0 heterocycles. The summed E-state index contributed by atoms with van der Waals surface area (Å²) in [6, 6.07) is 6.33. The summed E-state index contributed by atoms with van der Waals surface area (Å²) in [5, 5.41) is 5.29. The van der Waals surface area contributed by atoms with Gasteiger partial charge in [0.15, 0.2) is 0 Å². The summed E-state index contributed by atoms with van der Waals surface area (Å²) in [6.45, 7) is 6.09. The van der Waals surface area contributed by atoms with E-state index in [1.165, 1.54) is 0 Å². The van der Waals surface area contributed by atoms with E-state index in [-0.39, 0.29) is 11.9 Å². The molecular weight excluding hydrogens is 360 g/mol. The molecular formula is C20H30N4O4. The van der Waals surface area contributed by atoms with Crippen molar-refractivity contribution in [2.75, 3.05) is 13.6 Å². The standard InChI is InChI=1S/C20H30N4O4/c1-20(2,3)28-19(27)23-12-16(14-9-10-14)24(4)17(25)15-7-5-13(6-8-15)11-22-18(21)26/h5-8,14,16H,9-12H2,1-4H3,(H,23,27)(H3,21,22,26)/t16-/m0/s1. The highest BCUT2D eigenvalue weighted by molar-refractivity contribution is 5.94. The number of hydrogen-bond acceptors (Lipinski definition) is 4. The van der Waals surface area contributed by atoms with Gasteiger partial charge < -0.3 is 26.0 Å². The van der Waals surface area contributed by atoms with Gasteiger partial charge in [0.2, 0.25) is 0 Å². The number of urea groups is 1. The summed E-state index contributed by atoms with van der Waals surface area (Å²) in [7, 11) is 1.75. The lowest BCUT2D eigenvalue weighted by atomic mass is 10.1. The van der Waals surface area contributed by atoms with E-state index in [0.29, 0.717) is 24.6 Å². The van der Waals surface area contributed by atoms with Crippen LogP contribution in [0.5, 0.6) is 0 Å². The third-order valence-electron chi connectivity index (χ3n) is 4.51. The number of carbonyl (C=O) groups is 3. The summed E-state index contributed by atoms with van der Waals surface area (Å²) in [5.41, 5.74) is 5.90. The first-order valence-corrected chi connectivity index (χ1v) is 9.43. The van der Waals surface area contributed by atoms with Gasteiger partial charge >= 0.3 is 12.1 Å². The van der Waals surface area contributed by atoms with Crippen molar-refractivity contribution in [2.24, 2.45) is 11.7 Å². The summed E-state index contributed by atoms with van der Waals surface area (Å²) in [6.07, 6.45) is 1.59.